The van der Waals surface area contributed by atoms with Crippen LogP contribution in [0, 0.1) is 0 Å². The number of benzene rings is 3. The molecule has 29 heavy (non-hydrogen) atoms. The zero-order valence-electron chi connectivity index (χ0n) is 16.7. The second kappa shape index (κ2) is 9.87. The third kappa shape index (κ3) is 4.14. The second-order valence-corrected chi connectivity index (χ2v) is 11.7. The lowest BCUT2D eigenvalue weighted by Crippen LogP contribution is -2.36. The highest BCUT2D eigenvalue weighted by Gasteiger charge is 2.36. The fourth-order valence-electron chi connectivity index (χ4n) is 3.47. The number of rotatable bonds is 7. The van der Waals surface area contributed by atoms with Gasteiger partial charge in [-0.2, -0.15) is 0 Å². The Labute approximate surface area is 175 Å². The summed E-state index contributed by atoms with van der Waals surface area (Å²) in [5, 5.41) is 2.96. The molecule has 0 heterocycles. The Morgan fingerprint density at radius 2 is 1.14 bits per heavy atom. The predicted octanol–water partition coefficient (Wildman–Crippen LogP) is 3.44. The van der Waals surface area contributed by atoms with Crippen LogP contribution in [-0.4, -0.2) is 27.2 Å². The minimum Gasteiger partial charge on any atom is -0.462 e. The quantitative estimate of drug-likeness (QED) is 0.431. The van der Waals surface area contributed by atoms with Gasteiger partial charge in [-0.3, -0.25) is 4.21 Å². The highest BCUT2D eigenvalue weighted by atomic mass is 32.2. The van der Waals surface area contributed by atoms with Crippen LogP contribution in [-0.2, 0) is 20.3 Å². The molecule has 0 aliphatic heterocycles. The Bertz CT molecular complexity index is 928. The summed E-state index contributed by atoms with van der Waals surface area (Å²) in [5.74, 6) is -0.125. The van der Waals surface area contributed by atoms with Gasteiger partial charge >= 0.3 is 5.97 Å². The normalized spacial score (nSPS) is 12.2. The minimum atomic E-state index is -2.68. The first-order valence-electron chi connectivity index (χ1n) is 9.65. The average molecular weight is 425 g/mol. The van der Waals surface area contributed by atoms with E-state index in [1.807, 2.05) is 97.9 Å². The maximum atomic E-state index is 13.4. The van der Waals surface area contributed by atoms with E-state index in [9.17, 15) is 9.00 Å². The van der Waals surface area contributed by atoms with E-state index in [-0.39, 0.29) is 6.61 Å². The lowest BCUT2D eigenvalue weighted by molar-refractivity contribution is -0.134. The van der Waals surface area contributed by atoms with Gasteiger partial charge in [0.05, 0.1) is 17.4 Å². The molecule has 3 aromatic rings. The summed E-state index contributed by atoms with van der Waals surface area (Å²) in [7, 11) is -1.48. The molecule has 3 nitrogen and oxygen atoms in total. The molecule has 150 valence electrons. The van der Waals surface area contributed by atoms with Crippen LogP contribution in [0.5, 0.6) is 0 Å². The van der Waals surface area contributed by atoms with Crippen molar-refractivity contribution < 1.29 is 13.7 Å². The van der Waals surface area contributed by atoms with Gasteiger partial charge in [0, 0.05) is 12.6 Å². The molecule has 1 unspecified atom stereocenters. The number of carbonyl (C=O) groups excluding carboxylic acids is 1. The van der Waals surface area contributed by atoms with E-state index in [0.29, 0.717) is 10.4 Å². The molecule has 0 spiro atoms. The third-order valence-electron chi connectivity index (χ3n) is 4.66. The van der Waals surface area contributed by atoms with Crippen molar-refractivity contribution in [2.45, 2.75) is 13.8 Å². The van der Waals surface area contributed by atoms with Crippen molar-refractivity contribution in [2.24, 2.45) is 0 Å². The van der Waals surface area contributed by atoms with Gasteiger partial charge in [-0.15, -0.1) is 0 Å². The number of carbonyl (C=O) groups is 1. The Kier molecular flexibility index (Phi) is 7.24. The summed E-state index contributed by atoms with van der Waals surface area (Å²) in [5.41, 5.74) is 0. The largest absolute Gasteiger partial charge is 0.462 e. The van der Waals surface area contributed by atoms with Crippen LogP contribution in [0.2, 0.25) is 0 Å². The van der Waals surface area contributed by atoms with Gasteiger partial charge in [-0.25, -0.2) is 4.79 Å². The van der Waals surface area contributed by atoms with Crippen molar-refractivity contribution in [3.8, 4) is 0 Å². The number of esters is 1. The first kappa shape index (κ1) is 21.3. The van der Waals surface area contributed by atoms with Crippen LogP contribution in [0.3, 0.4) is 0 Å². The van der Waals surface area contributed by atoms with Crippen molar-refractivity contribution in [3.63, 3.8) is 0 Å². The fraction of sp³-hybridized carbons (Fsp3) is 0.167. The predicted molar refractivity (Wildman–Crippen MR) is 125 cm³/mol. The van der Waals surface area contributed by atoms with Crippen LogP contribution in [0.1, 0.15) is 13.8 Å². The van der Waals surface area contributed by atoms with Gasteiger partial charge in [0.25, 0.3) is 0 Å². The van der Waals surface area contributed by atoms with Crippen LogP contribution >= 0.6 is 6.89 Å². The molecule has 0 aromatic heterocycles. The highest BCUT2D eigenvalue weighted by Crippen LogP contribution is 2.47. The average Bonchev–Trinajstić information content (AvgIpc) is 2.79. The molecule has 0 saturated carbocycles. The molecule has 0 amide bonds. The topological polar surface area (TPSA) is 43.4 Å². The van der Waals surface area contributed by atoms with Crippen LogP contribution in [0.25, 0.3) is 0 Å². The zero-order valence-corrected chi connectivity index (χ0v) is 18.4. The molecule has 3 rings (SSSR count). The molecule has 0 bridgehead atoms. The van der Waals surface area contributed by atoms with E-state index < -0.39 is 23.7 Å². The van der Waals surface area contributed by atoms with E-state index in [1.54, 1.807) is 6.92 Å². The fourth-order valence-corrected chi connectivity index (χ4v) is 10.3. The lowest BCUT2D eigenvalue weighted by atomic mass is 10.4. The van der Waals surface area contributed by atoms with Crippen LogP contribution < -0.4 is 15.9 Å². The van der Waals surface area contributed by atoms with Crippen molar-refractivity contribution >= 4 is 44.2 Å². The van der Waals surface area contributed by atoms with Crippen molar-refractivity contribution in [3.05, 3.63) is 91.0 Å². The Hall–Kier alpha value is -2.42. The Morgan fingerprint density at radius 1 is 0.759 bits per heavy atom. The molecular weight excluding hydrogens is 399 g/mol. The molecule has 0 fully saturated rings. The van der Waals surface area contributed by atoms with Gasteiger partial charge in [-0.1, -0.05) is 97.9 Å². The summed E-state index contributed by atoms with van der Waals surface area (Å²) in [6.07, 6.45) is 0. The van der Waals surface area contributed by atoms with Crippen molar-refractivity contribution in [1.82, 2.24) is 0 Å². The molecule has 0 saturated heterocycles. The summed E-state index contributed by atoms with van der Waals surface area (Å²) in [6, 6.07) is 29.8. The van der Waals surface area contributed by atoms with E-state index in [1.165, 1.54) is 0 Å². The van der Waals surface area contributed by atoms with Crippen LogP contribution in [0.4, 0.5) is 0 Å². The molecule has 3 aromatic carbocycles. The minimum absolute atomic E-state index is 0.238. The van der Waals surface area contributed by atoms with Gasteiger partial charge < -0.3 is 4.74 Å². The van der Waals surface area contributed by atoms with Crippen molar-refractivity contribution in [1.29, 1.82) is 0 Å². The first-order chi connectivity index (χ1) is 14.2. The maximum absolute atomic E-state index is 13.4. The summed E-state index contributed by atoms with van der Waals surface area (Å²) in [4.78, 5) is 13.3. The number of hydrogen-bond acceptors (Lipinski definition) is 3. The van der Waals surface area contributed by atoms with E-state index >= 15 is 0 Å². The van der Waals surface area contributed by atoms with Gasteiger partial charge in [-0.05, 0) is 22.8 Å². The summed E-state index contributed by atoms with van der Waals surface area (Å²) < 4.78 is 19.2. The SMILES string of the molecule is CCOC(=O)C(S(=O)CC)=P(c1ccccc1)(c1ccccc1)c1ccccc1. The maximum Gasteiger partial charge on any atom is 0.348 e. The third-order valence-corrected chi connectivity index (χ3v) is 11.2. The number of hydrogen-bond donors (Lipinski definition) is 0. The van der Waals surface area contributed by atoms with Gasteiger partial charge in [0.2, 0.25) is 0 Å². The second-order valence-electron chi connectivity index (χ2n) is 6.34. The first-order valence-corrected chi connectivity index (χ1v) is 12.8. The van der Waals surface area contributed by atoms with E-state index in [4.69, 9.17) is 4.74 Å². The summed E-state index contributed by atoms with van der Waals surface area (Å²) >= 11 is 0. The lowest BCUT2D eigenvalue weighted by Gasteiger charge is -2.31. The molecule has 0 N–H and O–H groups in total. The van der Waals surface area contributed by atoms with Gasteiger partial charge in [0.15, 0.2) is 0 Å². The molecule has 0 aliphatic rings. The standard InChI is InChI=1S/C24H25O3PS/c1-3-27-23(25)24(29(26)4-2)28(20-14-8-5-9-15-20,21-16-10-6-11-17-21)22-18-12-7-13-19-22/h5-19H,3-4H2,1-2H3. The smallest absolute Gasteiger partial charge is 0.348 e. The highest BCUT2D eigenvalue weighted by molar-refractivity contribution is 8.18. The molecule has 0 aliphatic carbocycles. The Morgan fingerprint density at radius 3 is 1.45 bits per heavy atom. The zero-order chi connectivity index (χ0) is 20.7. The van der Waals surface area contributed by atoms with E-state index in [2.05, 4.69) is 0 Å². The van der Waals surface area contributed by atoms with Crippen molar-refractivity contribution in [2.75, 3.05) is 12.4 Å². The monoisotopic (exact) mass is 424 g/mol. The molecule has 5 heteroatoms. The molecule has 1 atom stereocenters. The Balaban J connectivity index is 2.61. The molecular formula is C24H25O3PS. The summed E-state index contributed by atoms with van der Waals surface area (Å²) in [6.45, 7) is 1.17. The van der Waals surface area contributed by atoms with Crippen LogP contribution in [0.15, 0.2) is 91.0 Å². The van der Waals surface area contributed by atoms with Gasteiger partial charge in [0.1, 0.15) is 4.63 Å². The molecule has 0 radical (unpaired) electrons. The van der Waals surface area contributed by atoms with E-state index in [0.717, 1.165) is 15.9 Å². The number of ether oxygens (including phenoxy) is 1.